The zero-order chi connectivity index (χ0) is 10.1. The molecule has 0 spiro atoms. The van der Waals surface area contributed by atoms with Crippen molar-refractivity contribution in [3.63, 3.8) is 0 Å². The molecule has 1 aromatic rings. The molecule has 1 rings (SSSR count). The van der Waals surface area contributed by atoms with Crippen LogP contribution in [0, 0.1) is 11.6 Å². The monoisotopic (exact) mass is 206 g/mol. The summed E-state index contributed by atoms with van der Waals surface area (Å²) >= 11 is 0. The molecule has 0 heterocycles. The molecule has 0 saturated carbocycles. The van der Waals surface area contributed by atoms with Crippen LogP contribution >= 0.6 is 0 Å². The Balaban J connectivity index is 3.15. The molecule has 0 atom stereocenters. The van der Waals surface area contributed by atoms with Crippen molar-refractivity contribution in [2.45, 2.75) is 5.75 Å². The second-order valence-corrected chi connectivity index (χ2v) is 4.91. The fraction of sp³-hybridized carbons (Fsp3) is 0.250. The van der Waals surface area contributed by atoms with Crippen LogP contribution in [0.15, 0.2) is 18.2 Å². The Morgan fingerprint density at radius 2 is 1.69 bits per heavy atom. The molecule has 0 amide bonds. The molecule has 0 aliphatic heterocycles. The highest BCUT2D eigenvalue weighted by atomic mass is 32.2. The van der Waals surface area contributed by atoms with Crippen molar-refractivity contribution in [2.75, 3.05) is 6.26 Å². The van der Waals surface area contributed by atoms with E-state index in [0.29, 0.717) is 0 Å². The molecule has 72 valence electrons. The van der Waals surface area contributed by atoms with E-state index in [9.17, 15) is 17.2 Å². The van der Waals surface area contributed by atoms with E-state index in [-0.39, 0.29) is 0 Å². The van der Waals surface area contributed by atoms with Crippen LogP contribution in [0.1, 0.15) is 5.56 Å². The molecule has 0 saturated heterocycles. The van der Waals surface area contributed by atoms with Gasteiger partial charge in [-0.3, -0.25) is 0 Å². The zero-order valence-electron chi connectivity index (χ0n) is 6.92. The first-order valence-corrected chi connectivity index (χ1v) is 5.57. The Labute approximate surface area is 75.1 Å². The largest absolute Gasteiger partial charge is 0.229 e. The summed E-state index contributed by atoms with van der Waals surface area (Å²) in [5.41, 5.74) is -0.398. The summed E-state index contributed by atoms with van der Waals surface area (Å²) in [4.78, 5) is 0. The molecule has 1 aromatic carbocycles. The van der Waals surface area contributed by atoms with Crippen molar-refractivity contribution in [1.29, 1.82) is 0 Å². The van der Waals surface area contributed by atoms with Gasteiger partial charge in [0.25, 0.3) is 0 Å². The van der Waals surface area contributed by atoms with Gasteiger partial charge in [0.1, 0.15) is 11.6 Å². The van der Waals surface area contributed by atoms with Crippen LogP contribution in [-0.2, 0) is 15.6 Å². The van der Waals surface area contributed by atoms with Crippen molar-refractivity contribution in [3.05, 3.63) is 35.4 Å². The standard InChI is InChI=1S/C8H8F2O2S/c1-13(11,12)5-6-7(9)3-2-4-8(6)10/h2-4H,5H2,1H3. The Morgan fingerprint density at radius 3 is 2.08 bits per heavy atom. The molecule has 5 heteroatoms. The maximum atomic E-state index is 12.9. The van der Waals surface area contributed by atoms with E-state index >= 15 is 0 Å². The topological polar surface area (TPSA) is 34.1 Å². The highest BCUT2D eigenvalue weighted by Gasteiger charge is 2.13. The van der Waals surface area contributed by atoms with Gasteiger partial charge in [0.05, 0.1) is 5.75 Å². The molecule has 0 fully saturated rings. The Kier molecular flexibility index (Phi) is 2.66. The Hall–Kier alpha value is -0.970. The SMILES string of the molecule is CS(=O)(=O)Cc1c(F)cccc1F. The van der Waals surface area contributed by atoms with Gasteiger partial charge in [0.15, 0.2) is 9.84 Å². The van der Waals surface area contributed by atoms with Crippen LogP contribution in [0.3, 0.4) is 0 Å². The number of rotatable bonds is 2. The van der Waals surface area contributed by atoms with Gasteiger partial charge >= 0.3 is 0 Å². The van der Waals surface area contributed by atoms with E-state index < -0.39 is 32.8 Å². The number of hydrogen-bond donors (Lipinski definition) is 0. The lowest BCUT2D eigenvalue weighted by molar-refractivity contribution is 0.557. The summed E-state index contributed by atoms with van der Waals surface area (Å²) in [7, 11) is -3.40. The second kappa shape index (κ2) is 3.41. The Morgan fingerprint density at radius 1 is 1.23 bits per heavy atom. The lowest BCUT2D eigenvalue weighted by Crippen LogP contribution is -2.05. The molecular weight excluding hydrogens is 198 g/mol. The Bertz CT molecular complexity index is 392. The van der Waals surface area contributed by atoms with Crippen molar-refractivity contribution in [3.8, 4) is 0 Å². The maximum Gasteiger partial charge on any atom is 0.151 e. The van der Waals surface area contributed by atoms with E-state index in [1.165, 1.54) is 6.07 Å². The fourth-order valence-corrected chi connectivity index (χ4v) is 1.73. The molecule has 0 aliphatic rings. The van der Waals surface area contributed by atoms with Gasteiger partial charge in [-0.2, -0.15) is 0 Å². The average molecular weight is 206 g/mol. The summed E-state index contributed by atoms with van der Waals surface area (Å²) in [5.74, 6) is -2.26. The van der Waals surface area contributed by atoms with Crippen molar-refractivity contribution in [1.82, 2.24) is 0 Å². The summed E-state index contributed by atoms with van der Waals surface area (Å²) in [6.07, 6.45) is 0.929. The molecule has 0 radical (unpaired) electrons. The van der Waals surface area contributed by atoms with Crippen LogP contribution in [0.4, 0.5) is 8.78 Å². The lowest BCUT2D eigenvalue weighted by Gasteiger charge is -2.02. The molecular formula is C8H8F2O2S. The van der Waals surface area contributed by atoms with Gasteiger partial charge in [-0.15, -0.1) is 0 Å². The molecule has 0 N–H and O–H groups in total. The van der Waals surface area contributed by atoms with Crippen LogP contribution in [-0.4, -0.2) is 14.7 Å². The van der Waals surface area contributed by atoms with E-state index in [4.69, 9.17) is 0 Å². The third kappa shape index (κ3) is 2.77. The van der Waals surface area contributed by atoms with Gasteiger partial charge in [-0.05, 0) is 12.1 Å². The highest BCUT2D eigenvalue weighted by Crippen LogP contribution is 2.14. The smallest absolute Gasteiger partial charge is 0.151 e. The molecule has 0 bridgehead atoms. The normalized spacial score (nSPS) is 11.6. The molecule has 13 heavy (non-hydrogen) atoms. The third-order valence-electron chi connectivity index (χ3n) is 1.47. The lowest BCUT2D eigenvalue weighted by atomic mass is 10.2. The van der Waals surface area contributed by atoms with Crippen molar-refractivity contribution < 1.29 is 17.2 Å². The first kappa shape index (κ1) is 10.1. The van der Waals surface area contributed by atoms with Crippen LogP contribution in [0.25, 0.3) is 0 Å². The summed E-state index contributed by atoms with van der Waals surface area (Å²) in [5, 5.41) is 0. The zero-order valence-corrected chi connectivity index (χ0v) is 7.74. The quantitative estimate of drug-likeness (QED) is 0.735. The molecule has 0 unspecified atom stereocenters. The van der Waals surface area contributed by atoms with Crippen LogP contribution in [0.2, 0.25) is 0 Å². The van der Waals surface area contributed by atoms with E-state index in [2.05, 4.69) is 0 Å². The number of halogens is 2. The van der Waals surface area contributed by atoms with E-state index in [0.717, 1.165) is 18.4 Å². The van der Waals surface area contributed by atoms with Crippen LogP contribution in [0.5, 0.6) is 0 Å². The number of hydrogen-bond acceptors (Lipinski definition) is 2. The van der Waals surface area contributed by atoms with Crippen molar-refractivity contribution >= 4 is 9.84 Å². The summed E-state index contributed by atoms with van der Waals surface area (Å²) in [6.45, 7) is 0. The van der Waals surface area contributed by atoms with Gasteiger partial charge in [-0.25, -0.2) is 17.2 Å². The fourth-order valence-electron chi connectivity index (χ4n) is 0.932. The second-order valence-electron chi connectivity index (χ2n) is 2.77. The number of sulfone groups is 1. The third-order valence-corrected chi connectivity index (χ3v) is 2.28. The van der Waals surface area contributed by atoms with E-state index in [1.54, 1.807) is 0 Å². The van der Waals surface area contributed by atoms with Gasteiger partial charge in [0, 0.05) is 11.8 Å². The van der Waals surface area contributed by atoms with E-state index in [1.807, 2.05) is 0 Å². The number of benzene rings is 1. The minimum absolute atomic E-state index is 0.398. The predicted molar refractivity (Wildman–Crippen MR) is 44.9 cm³/mol. The first-order chi connectivity index (χ1) is 5.90. The summed E-state index contributed by atoms with van der Waals surface area (Å²) < 4.78 is 47.3. The highest BCUT2D eigenvalue weighted by molar-refractivity contribution is 7.89. The molecule has 2 nitrogen and oxygen atoms in total. The van der Waals surface area contributed by atoms with Gasteiger partial charge in [0.2, 0.25) is 0 Å². The molecule has 0 aliphatic carbocycles. The summed E-state index contributed by atoms with van der Waals surface area (Å²) in [6, 6.07) is 3.25. The molecule has 0 aromatic heterocycles. The average Bonchev–Trinajstić information content (AvgIpc) is 1.95. The first-order valence-electron chi connectivity index (χ1n) is 3.51. The minimum Gasteiger partial charge on any atom is -0.229 e. The van der Waals surface area contributed by atoms with Gasteiger partial charge in [-0.1, -0.05) is 6.07 Å². The maximum absolute atomic E-state index is 12.9. The predicted octanol–water partition coefficient (Wildman–Crippen LogP) is 1.51. The minimum atomic E-state index is -3.40. The van der Waals surface area contributed by atoms with Crippen molar-refractivity contribution in [2.24, 2.45) is 0 Å². The van der Waals surface area contributed by atoms with Gasteiger partial charge < -0.3 is 0 Å². The van der Waals surface area contributed by atoms with Crippen LogP contribution < -0.4 is 0 Å².